The standard InChI is InChI=1S/C10H13N3OS2/c1-7-5-13-6-8(12-10(13)16-7)4-9(14)11-2-3-15/h5-6,15H,2-4H2,1H3,(H,11,14). The predicted molar refractivity (Wildman–Crippen MR) is 68.4 cm³/mol. The summed E-state index contributed by atoms with van der Waals surface area (Å²) in [7, 11) is 0. The van der Waals surface area contributed by atoms with E-state index in [4.69, 9.17) is 0 Å². The third kappa shape index (κ3) is 2.56. The van der Waals surface area contributed by atoms with Gasteiger partial charge in [0.15, 0.2) is 4.96 Å². The molecule has 0 aromatic carbocycles. The van der Waals surface area contributed by atoms with Crippen molar-refractivity contribution in [3.05, 3.63) is 23.0 Å². The van der Waals surface area contributed by atoms with Crippen LogP contribution in [0.4, 0.5) is 0 Å². The van der Waals surface area contributed by atoms with E-state index in [1.807, 2.05) is 23.7 Å². The Morgan fingerprint density at radius 2 is 2.44 bits per heavy atom. The van der Waals surface area contributed by atoms with Crippen LogP contribution in [0.5, 0.6) is 0 Å². The van der Waals surface area contributed by atoms with Crippen LogP contribution in [0.25, 0.3) is 4.96 Å². The normalized spacial score (nSPS) is 10.9. The van der Waals surface area contributed by atoms with Crippen molar-refractivity contribution in [2.24, 2.45) is 0 Å². The predicted octanol–water partition coefficient (Wildman–Crippen LogP) is 1.29. The van der Waals surface area contributed by atoms with Crippen LogP contribution >= 0.6 is 24.0 Å². The second-order valence-electron chi connectivity index (χ2n) is 3.51. The van der Waals surface area contributed by atoms with Crippen LogP contribution in [0.2, 0.25) is 0 Å². The van der Waals surface area contributed by atoms with Crippen LogP contribution < -0.4 is 5.32 Å². The maximum Gasteiger partial charge on any atom is 0.226 e. The van der Waals surface area contributed by atoms with Gasteiger partial charge in [0.05, 0.1) is 12.1 Å². The molecule has 0 saturated carbocycles. The summed E-state index contributed by atoms with van der Waals surface area (Å²) in [6.45, 7) is 2.64. The molecule has 0 aliphatic heterocycles. The minimum absolute atomic E-state index is 0.00322. The lowest BCUT2D eigenvalue weighted by Crippen LogP contribution is -2.26. The number of nitrogens with one attached hydrogen (secondary N) is 1. The SMILES string of the molecule is Cc1cn2cc(CC(=O)NCCS)nc2s1. The lowest BCUT2D eigenvalue weighted by molar-refractivity contribution is -0.120. The number of aryl methyl sites for hydroxylation is 1. The van der Waals surface area contributed by atoms with Gasteiger partial charge in [-0.05, 0) is 6.92 Å². The molecule has 0 aliphatic rings. The molecule has 2 aromatic rings. The Kier molecular flexibility index (Phi) is 3.50. The van der Waals surface area contributed by atoms with Crippen molar-refractivity contribution in [2.75, 3.05) is 12.3 Å². The van der Waals surface area contributed by atoms with E-state index in [0.717, 1.165) is 10.7 Å². The molecule has 0 unspecified atom stereocenters. The van der Waals surface area contributed by atoms with Gasteiger partial charge in [0.2, 0.25) is 5.91 Å². The van der Waals surface area contributed by atoms with E-state index in [-0.39, 0.29) is 5.91 Å². The summed E-state index contributed by atoms with van der Waals surface area (Å²) in [6.07, 6.45) is 4.25. The van der Waals surface area contributed by atoms with Crippen molar-refractivity contribution in [1.82, 2.24) is 14.7 Å². The van der Waals surface area contributed by atoms with Gasteiger partial charge in [0.1, 0.15) is 0 Å². The summed E-state index contributed by atoms with van der Waals surface area (Å²) in [5.74, 6) is 0.653. The Hall–Kier alpha value is -1.01. The quantitative estimate of drug-likeness (QED) is 0.809. The van der Waals surface area contributed by atoms with E-state index in [9.17, 15) is 4.79 Å². The summed E-state index contributed by atoms with van der Waals surface area (Å²) in [5, 5.41) is 2.77. The molecule has 1 amide bonds. The number of hydrogen-bond acceptors (Lipinski definition) is 4. The number of thiazole rings is 1. The van der Waals surface area contributed by atoms with Gasteiger partial charge >= 0.3 is 0 Å². The van der Waals surface area contributed by atoms with E-state index >= 15 is 0 Å². The highest BCUT2D eigenvalue weighted by Gasteiger charge is 2.08. The Bertz CT molecular complexity index is 472. The molecule has 0 bridgehead atoms. The number of aromatic nitrogens is 2. The minimum atomic E-state index is -0.00322. The van der Waals surface area contributed by atoms with Gasteiger partial charge in [-0.1, -0.05) is 0 Å². The number of carbonyl (C=O) groups is 1. The number of amides is 1. The molecule has 2 aromatic heterocycles. The van der Waals surface area contributed by atoms with Crippen molar-refractivity contribution in [1.29, 1.82) is 0 Å². The molecule has 2 heterocycles. The highest BCUT2D eigenvalue weighted by atomic mass is 32.1. The fourth-order valence-corrected chi connectivity index (χ4v) is 2.41. The Morgan fingerprint density at radius 1 is 1.62 bits per heavy atom. The Labute approximate surface area is 103 Å². The summed E-state index contributed by atoms with van der Waals surface area (Å²) in [6, 6.07) is 0. The number of carbonyl (C=O) groups excluding carboxylic acids is 1. The van der Waals surface area contributed by atoms with Gasteiger partial charge in [0.25, 0.3) is 0 Å². The number of nitrogens with zero attached hydrogens (tertiary/aromatic N) is 2. The average Bonchev–Trinajstić information content (AvgIpc) is 2.71. The molecule has 0 fully saturated rings. The second-order valence-corrected chi connectivity index (χ2v) is 5.17. The van der Waals surface area contributed by atoms with Gasteiger partial charge in [-0.2, -0.15) is 12.6 Å². The molecule has 1 N–H and O–H groups in total. The first-order valence-electron chi connectivity index (χ1n) is 5.00. The maximum atomic E-state index is 11.4. The molecule has 16 heavy (non-hydrogen) atoms. The number of rotatable bonds is 4. The molecule has 6 heteroatoms. The second kappa shape index (κ2) is 4.88. The molecule has 0 atom stereocenters. The molecule has 0 spiro atoms. The maximum absolute atomic E-state index is 11.4. The van der Waals surface area contributed by atoms with E-state index in [1.54, 1.807) is 11.3 Å². The first-order valence-corrected chi connectivity index (χ1v) is 6.45. The summed E-state index contributed by atoms with van der Waals surface area (Å²) in [5.41, 5.74) is 0.808. The first kappa shape index (κ1) is 11.5. The molecular formula is C10H13N3OS2. The van der Waals surface area contributed by atoms with Crippen LogP contribution in [-0.2, 0) is 11.2 Å². The number of imidazole rings is 1. The van der Waals surface area contributed by atoms with Crippen molar-refractivity contribution in [3.8, 4) is 0 Å². The zero-order chi connectivity index (χ0) is 11.5. The van der Waals surface area contributed by atoms with Crippen LogP contribution in [-0.4, -0.2) is 27.6 Å². The zero-order valence-electron chi connectivity index (χ0n) is 8.93. The lowest BCUT2D eigenvalue weighted by atomic mass is 10.3. The Morgan fingerprint density at radius 3 is 3.12 bits per heavy atom. The average molecular weight is 255 g/mol. The number of fused-ring (bicyclic) bond motifs is 1. The Balaban J connectivity index is 2.04. The van der Waals surface area contributed by atoms with Gasteiger partial charge in [-0.25, -0.2) is 4.98 Å². The summed E-state index contributed by atoms with van der Waals surface area (Å²) in [4.78, 5) is 18.0. The van der Waals surface area contributed by atoms with Gasteiger partial charge < -0.3 is 5.32 Å². The molecule has 0 saturated heterocycles. The van der Waals surface area contributed by atoms with E-state index in [2.05, 4.69) is 22.9 Å². The van der Waals surface area contributed by atoms with Crippen molar-refractivity contribution in [2.45, 2.75) is 13.3 Å². The number of thiol groups is 1. The molecule has 0 aliphatic carbocycles. The fourth-order valence-electron chi connectivity index (χ4n) is 1.47. The van der Waals surface area contributed by atoms with E-state index in [0.29, 0.717) is 18.7 Å². The highest BCUT2D eigenvalue weighted by molar-refractivity contribution is 7.80. The van der Waals surface area contributed by atoms with E-state index < -0.39 is 0 Å². The monoisotopic (exact) mass is 255 g/mol. The molecule has 86 valence electrons. The molecule has 4 nitrogen and oxygen atoms in total. The van der Waals surface area contributed by atoms with Gasteiger partial charge in [-0.3, -0.25) is 9.20 Å². The molecular weight excluding hydrogens is 242 g/mol. The summed E-state index contributed by atoms with van der Waals surface area (Å²) < 4.78 is 1.96. The van der Waals surface area contributed by atoms with Gasteiger partial charge in [-0.15, -0.1) is 11.3 Å². The minimum Gasteiger partial charge on any atom is -0.355 e. The van der Waals surface area contributed by atoms with Crippen molar-refractivity contribution in [3.63, 3.8) is 0 Å². The smallest absolute Gasteiger partial charge is 0.226 e. The first-order chi connectivity index (χ1) is 7.69. The van der Waals surface area contributed by atoms with Crippen LogP contribution in [0, 0.1) is 6.92 Å². The largest absolute Gasteiger partial charge is 0.355 e. The van der Waals surface area contributed by atoms with Gasteiger partial charge in [0, 0.05) is 29.6 Å². The molecule has 2 rings (SSSR count). The van der Waals surface area contributed by atoms with E-state index in [1.165, 1.54) is 4.88 Å². The molecule has 0 radical (unpaired) electrons. The third-order valence-corrected chi connectivity index (χ3v) is 3.23. The van der Waals surface area contributed by atoms with Crippen molar-refractivity contribution >= 4 is 34.8 Å². The third-order valence-electron chi connectivity index (χ3n) is 2.10. The topological polar surface area (TPSA) is 46.4 Å². The zero-order valence-corrected chi connectivity index (χ0v) is 10.6. The van der Waals surface area contributed by atoms with Crippen LogP contribution in [0.3, 0.4) is 0 Å². The number of hydrogen-bond donors (Lipinski definition) is 2. The van der Waals surface area contributed by atoms with Crippen LogP contribution in [0.15, 0.2) is 12.4 Å². The highest BCUT2D eigenvalue weighted by Crippen LogP contribution is 2.16. The summed E-state index contributed by atoms with van der Waals surface area (Å²) >= 11 is 5.66. The lowest BCUT2D eigenvalue weighted by Gasteiger charge is -1.99. The van der Waals surface area contributed by atoms with Crippen molar-refractivity contribution < 1.29 is 4.79 Å². The van der Waals surface area contributed by atoms with Crippen LogP contribution in [0.1, 0.15) is 10.6 Å². The fraction of sp³-hybridized carbons (Fsp3) is 0.400.